The van der Waals surface area contributed by atoms with Gasteiger partial charge >= 0.3 is 0 Å². The fourth-order valence-corrected chi connectivity index (χ4v) is 3.05. The molecule has 2 heteroatoms. The minimum absolute atomic E-state index is 0.740. The molecule has 2 aromatic rings. The molecule has 0 aliphatic heterocycles. The molecule has 1 aromatic carbocycles. The van der Waals surface area contributed by atoms with Crippen molar-refractivity contribution >= 4 is 21.4 Å². The minimum Gasteiger partial charge on any atom is -0.330 e. The van der Waals surface area contributed by atoms with E-state index in [4.69, 9.17) is 5.73 Å². The molecule has 1 nitrogen and oxygen atoms in total. The van der Waals surface area contributed by atoms with Crippen LogP contribution in [0.1, 0.15) is 25.3 Å². The molecule has 0 spiro atoms. The van der Waals surface area contributed by atoms with Crippen LogP contribution in [0.3, 0.4) is 0 Å². The largest absolute Gasteiger partial charge is 0.330 e. The first-order valence-corrected chi connectivity index (χ1v) is 6.84. The molecule has 16 heavy (non-hydrogen) atoms. The second-order valence-electron chi connectivity index (χ2n) is 4.48. The fraction of sp³-hybridized carbons (Fsp3) is 0.429. The zero-order chi connectivity index (χ0) is 11.4. The van der Waals surface area contributed by atoms with Gasteiger partial charge in [-0.2, -0.15) is 0 Å². The van der Waals surface area contributed by atoms with Gasteiger partial charge in [-0.25, -0.2) is 0 Å². The Morgan fingerprint density at radius 2 is 2.06 bits per heavy atom. The topological polar surface area (TPSA) is 26.0 Å². The van der Waals surface area contributed by atoms with E-state index in [9.17, 15) is 0 Å². The summed E-state index contributed by atoms with van der Waals surface area (Å²) >= 11 is 1.85. The van der Waals surface area contributed by atoms with Crippen molar-refractivity contribution in [1.29, 1.82) is 0 Å². The molecule has 1 atom stereocenters. The fourth-order valence-electron chi connectivity index (χ4n) is 2.06. The summed E-state index contributed by atoms with van der Waals surface area (Å²) in [7, 11) is 0. The molecule has 0 saturated carbocycles. The van der Waals surface area contributed by atoms with Crippen molar-refractivity contribution in [3.63, 3.8) is 0 Å². The van der Waals surface area contributed by atoms with Gasteiger partial charge in [-0.05, 0) is 54.1 Å². The first-order valence-electron chi connectivity index (χ1n) is 5.96. The average molecular weight is 233 g/mol. The monoisotopic (exact) mass is 233 g/mol. The van der Waals surface area contributed by atoms with Crippen molar-refractivity contribution < 1.29 is 0 Å². The first-order chi connectivity index (χ1) is 7.81. The number of rotatable bonds is 5. The normalized spacial score (nSPS) is 13.1. The maximum atomic E-state index is 5.57. The number of hydrogen-bond acceptors (Lipinski definition) is 2. The number of hydrogen-bond donors (Lipinski definition) is 1. The Kier molecular flexibility index (Phi) is 3.97. The van der Waals surface area contributed by atoms with Gasteiger partial charge in [0.2, 0.25) is 0 Å². The third-order valence-corrected chi connectivity index (χ3v) is 4.14. The maximum absolute atomic E-state index is 5.57. The van der Waals surface area contributed by atoms with Gasteiger partial charge in [0.15, 0.2) is 0 Å². The van der Waals surface area contributed by atoms with Crippen LogP contribution in [0.25, 0.3) is 10.1 Å². The number of fused-ring (bicyclic) bond motifs is 1. The predicted molar refractivity (Wildman–Crippen MR) is 73.0 cm³/mol. The van der Waals surface area contributed by atoms with E-state index in [0.29, 0.717) is 0 Å². The lowest BCUT2D eigenvalue weighted by Crippen LogP contribution is -2.06. The lowest BCUT2D eigenvalue weighted by atomic mass is 9.98. The van der Waals surface area contributed by atoms with Gasteiger partial charge in [0.25, 0.3) is 0 Å². The Bertz CT molecular complexity index is 447. The van der Waals surface area contributed by atoms with E-state index in [0.717, 1.165) is 18.9 Å². The molecule has 1 aromatic heterocycles. The quantitative estimate of drug-likeness (QED) is 0.834. The van der Waals surface area contributed by atoms with Crippen LogP contribution >= 0.6 is 11.3 Å². The highest BCUT2D eigenvalue weighted by atomic mass is 32.1. The second kappa shape index (κ2) is 5.46. The Morgan fingerprint density at radius 3 is 2.88 bits per heavy atom. The van der Waals surface area contributed by atoms with Crippen LogP contribution < -0.4 is 5.73 Å². The van der Waals surface area contributed by atoms with Gasteiger partial charge in [0.05, 0.1) is 0 Å². The van der Waals surface area contributed by atoms with Crippen molar-refractivity contribution in [2.75, 3.05) is 6.54 Å². The SMILES string of the molecule is CC(CCN)CCc1csc2ccccc12. The molecule has 0 aliphatic carbocycles. The predicted octanol–water partition coefficient (Wildman–Crippen LogP) is 3.82. The highest BCUT2D eigenvalue weighted by Gasteiger charge is 2.06. The van der Waals surface area contributed by atoms with Crippen LogP contribution in [0.4, 0.5) is 0 Å². The van der Waals surface area contributed by atoms with Crippen molar-refractivity contribution in [3.05, 3.63) is 35.2 Å². The summed E-state index contributed by atoms with van der Waals surface area (Å²) < 4.78 is 1.41. The maximum Gasteiger partial charge on any atom is 0.0345 e. The summed E-state index contributed by atoms with van der Waals surface area (Å²) in [5, 5.41) is 3.74. The van der Waals surface area contributed by atoms with Crippen LogP contribution in [-0.2, 0) is 6.42 Å². The van der Waals surface area contributed by atoms with Crippen molar-refractivity contribution in [2.45, 2.75) is 26.2 Å². The number of aryl methyl sites for hydroxylation is 1. The number of thiophene rings is 1. The van der Waals surface area contributed by atoms with E-state index in [2.05, 4.69) is 36.6 Å². The van der Waals surface area contributed by atoms with E-state index in [-0.39, 0.29) is 0 Å². The summed E-state index contributed by atoms with van der Waals surface area (Å²) in [6.45, 7) is 3.10. The van der Waals surface area contributed by atoms with E-state index in [1.807, 2.05) is 11.3 Å². The van der Waals surface area contributed by atoms with Gasteiger partial charge in [0.1, 0.15) is 0 Å². The Balaban J connectivity index is 2.04. The van der Waals surface area contributed by atoms with Gasteiger partial charge in [-0.3, -0.25) is 0 Å². The lowest BCUT2D eigenvalue weighted by Gasteiger charge is -2.08. The molecule has 0 bridgehead atoms. The number of benzene rings is 1. The lowest BCUT2D eigenvalue weighted by molar-refractivity contribution is 0.501. The molecule has 2 rings (SSSR count). The summed E-state index contributed by atoms with van der Waals surface area (Å²) in [5.41, 5.74) is 7.08. The standard InChI is InChI=1S/C14H19NS/c1-11(8-9-15)6-7-12-10-16-14-5-3-2-4-13(12)14/h2-5,10-11H,6-9,15H2,1H3. The summed E-state index contributed by atoms with van der Waals surface area (Å²) in [4.78, 5) is 0. The molecule has 86 valence electrons. The Labute approximate surface area is 101 Å². The van der Waals surface area contributed by atoms with Gasteiger partial charge in [0, 0.05) is 4.70 Å². The molecule has 1 heterocycles. The Hall–Kier alpha value is -0.860. The highest BCUT2D eigenvalue weighted by Crippen LogP contribution is 2.27. The van der Waals surface area contributed by atoms with Crippen LogP contribution in [0.2, 0.25) is 0 Å². The molecule has 0 amide bonds. The van der Waals surface area contributed by atoms with Crippen molar-refractivity contribution in [3.8, 4) is 0 Å². The average Bonchev–Trinajstić information content (AvgIpc) is 2.70. The minimum atomic E-state index is 0.740. The first kappa shape index (κ1) is 11.6. The molecule has 0 fully saturated rings. The smallest absolute Gasteiger partial charge is 0.0345 e. The molecular weight excluding hydrogens is 214 g/mol. The zero-order valence-electron chi connectivity index (χ0n) is 9.78. The Morgan fingerprint density at radius 1 is 1.25 bits per heavy atom. The van der Waals surface area contributed by atoms with E-state index in [1.54, 1.807) is 0 Å². The molecule has 1 unspecified atom stereocenters. The van der Waals surface area contributed by atoms with E-state index < -0.39 is 0 Å². The molecule has 0 radical (unpaired) electrons. The third-order valence-electron chi connectivity index (χ3n) is 3.13. The summed E-state index contributed by atoms with van der Waals surface area (Å²) in [6.07, 6.45) is 3.57. The second-order valence-corrected chi connectivity index (χ2v) is 5.39. The molecule has 2 N–H and O–H groups in total. The van der Waals surface area contributed by atoms with Crippen molar-refractivity contribution in [1.82, 2.24) is 0 Å². The molecule has 0 aliphatic rings. The van der Waals surface area contributed by atoms with Crippen LogP contribution in [0.15, 0.2) is 29.6 Å². The van der Waals surface area contributed by atoms with Gasteiger partial charge in [-0.15, -0.1) is 11.3 Å². The summed E-state index contributed by atoms with van der Waals surface area (Å²) in [5.74, 6) is 0.740. The van der Waals surface area contributed by atoms with Crippen molar-refractivity contribution in [2.24, 2.45) is 11.7 Å². The zero-order valence-corrected chi connectivity index (χ0v) is 10.6. The van der Waals surface area contributed by atoms with Gasteiger partial charge in [-0.1, -0.05) is 25.1 Å². The summed E-state index contributed by atoms with van der Waals surface area (Å²) in [6, 6.07) is 8.67. The van der Waals surface area contributed by atoms with E-state index in [1.165, 1.54) is 28.5 Å². The van der Waals surface area contributed by atoms with Gasteiger partial charge < -0.3 is 5.73 Å². The third kappa shape index (κ3) is 2.63. The number of nitrogens with two attached hydrogens (primary N) is 1. The van der Waals surface area contributed by atoms with E-state index >= 15 is 0 Å². The molecular formula is C14H19NS. The van der Waals surface area contributed by atoms with Crippen LogP contribution in [-0.4, -0.2) is 6.54 Å². The van der Waals surface area contributed by atoms with Crippen LogP contribution in [0.5, 0.6) is 0 Å². The highest BCUT2D eigenvalue weighted by molar-refractivity contribution is 7.17. The van der Waals surface area contributed by atoms with Crippen LogP contribution in [0, 0.1) is 5.92 Å². The molecule has 0 saturated heterocycles.